The summed E-state index contributed by atoms with van der Waals surface area (Å²) in [6.45, 7) is 0.169. The van der Waals surface area contributed by atoms with Crippen LogP contribution in [-0.4, -0.2) is 32.6 Å². The van der Waals surface area contributed by atoms with E-state index < -0.39 is 10.0 Å². The summed E-state index contributed by atoms with van der Waals surface area (Å²) in [5.41, 5.74) is 6.45. The number of nitrogens with one attached hydrogen (secondary N) is 1. The molecular formula is C13H16N4O4S. The first-order chi connectivity index (χ1) is 10.5. The SMILES string of the molecule is COCc1nc(NS(=O)(=O)c2ccc(N)cc2)ncc1OC. The summed E-state index contributed by atoms with van der Waals surface area (Å²) in [7, 11) is -0.825. The van der Waals surface area contributed by atoms with Gasteiger partial charge in [0.25, 0.3) is 10.0 Å². The first kappa shape index (κ1) is 16.0. The number of hydrogen-bond acceptors (Lipinski definition) is 7. The minimum atomic E-state index is -3.79. The number of nitrogen functional groups attached to an aromatic ring is 1. The molecule has 3 N–H and O–H groups in total. The molecule has 0 saturated carbocycles. The maximum atomic E-state index is 12.2. The minimum absolute atomic E-state index is 0.0643. The Morgan fingerprint density at radius 1 is 1.23 bits per heavy atom. The summed E-state index contributed by atoms with van der Waals surface area (Å²) in [4.78, 5) is 8.06. The molecule has 1 heterocycles. The number of methoxy groups -OCH3 is 2. The van der Waals surface area contributed by atoms with E-state index in [0.717, 1.165) is 0 Å². The lowest BCUT2D eigenvalue weighted by molar-refractivity contribution is 0.178. The van der Waals surface area contributed by atoms with Crippen molar-refractivity contribution < 1.29 is 17.9 Å². The lowest BCUT2D eigenvalue weighted by Gasteiger charge is -2.10. The average molecular weight is 324 g/mol. The number of rotatable bonds is 6. The second-order valence-electron chi connectivity index (χ2n) is 4.32. The number of nitrogens with zero attached hydrogens (tertiary/aromatic N) is 2. The van der Waals surface area contributed by atoms with Crippen LogP contribution in [0.4, 0.5) is 11.6 Å². The number of nitrogens with two attached hydrogens (primary N) is 1. The van der Waals surface area contributed by atoms with Gasteiger partial charge in [0.1, 0.15) is 5.69 Å². The summed E-state index contributed by atoms with van der Waals surface area (Å²) in [5.74, 6) is 0.349. The molecular weight excluding hydrogens is 308 g/mol. The fraction of sp³-hybridized carbons (Fsp3) is 0.231. The van der Waals surface area contributed by atoms with Crippen LogP contribution in [0, 0.1) is 0 Å². The van der Waals surface area contributed by atoms with Crippen LogP contribution in [0.15, 0.2) is 35.4 Å². The van der Waals surface area contributed by atoms with Gasteiger partial charge < -0.3 is 15.2 Å². The van der Waals surface area contributed by atoms with Crippen molar-refractivity contribution >= 4 is 21.7 Å². The standard InChI is InChI=1S/C13H16N4O4S/c1-20-8-11-12(21-2)7-15-13(16-11)17-22(18,19)10-5-3-9(14)4-6-10/h3-7H,8,14H2,1-2H3,(H,15,16,17). The van der Waals surface area contributed by atoms with Crippen LogP contribution >= 0.6 is 0 Å². The van der Waals surface area contributed by atoms with Crippen molar-refractivity contribution in [1.82, 2.24) is 9.97 Å². The van der Waals surface area contributed by atoms with Crippen molar-refractivity contribution in [2.45, 2.75) is 11.5 Å². The zero-order valence-electron chi connectivity index (χ0n) is 12.1. The lowest BCUT2D eigenvalue weighted by atomic mass is 10.3. The fourth-order valence-corrected chi connectivity index (χ4v) is 2.64. The van der Waals surface area contributed by atoms with Gasteiger partial charge in [-0.05, 0) is 24.3 Å². The molecule has 0 saturated heterocycles. The van der Waals surface area contributed by atoms with Gasteiger partial charge in [-0.1, -0.05) is 0 Å². The fourth-order valence-electron chi connectivity index (χ4n) is 1.69. The van der Waals surface area contributed by atoms with Gasteiger partial charge in [-0.3, -0.25) is 0 Å². The molecule has 22 heavy (non-hydrogen) atoms. The predicted octanol–water partition coefficient (Wildman–Crippen LogP) is 1.01. The normalized spacial score (nSPS) is 11.2. The maximum absolute atomic E-state index is 12.2. The Balaban J connectivity index is 2.29. The van der Waals surface area contributed by atoms with Crippen molar-refractivity contribution in [2.75, 3.05) is 24.7 Å². The van der Waals surface area contributed by atoms with Crippen molar-refractivity contribution in [2.24, 2.45) is 0 Å². The van der Waals surface area contributed by atoms with Gasteiger partial charge in [0.2, 0.25) is 5.95 Å². The Hall–Kier alpha value is -2.39. The lowest BCUT2D eigenvalue weighted by Crippen LogP contribution is -2.16. The molecule has 0 atom stereocenters. The first-order valence-corrected chi connectivity index (χ1v) is 7.72. The smallest absolute Gasteiger partial charge is 0.264 e. The zero-order chi connectivity index (χ0) is 16.2. The summed E-state index contributed by atoms with van der Waals surface area (Å²) in [6, 6.07) is 5.80. The minimum Gasteiger partial charge on any atom is -0.493 e. The van der Waals surface area contributed by atoms with E-state index in [-0.39, 0.29) is 17.5 Å². The van der Waals surface area contributed by atoms with Gasteiger partial charge in [0, 0.05) is 12.8 Å². The highest BCUT2D eigenvalue weighted by molar-refractivity contribution is 7.92. The highest BCUT2D eigenvalue weighted by Crippen LogP contribution is 2.19. The van der Waals surface area contributed by atoms with Gasteiger partial charge >= 0.3 is 0 Å². The number of aromatic nitrogens is 2. The van der Waals surface area contributed by atoms with E-state index in [0.29, 0.717) is 17.1 Å². The molecule has 2 rings (SSSR count). The van der Waals surface area contributed by atoms with E-state index in [4.69, 9.17) is 15.2 Å². The third-order valence-corrected chi connectivity index (χ3v) is 4.09. The molecule has 118 valence electrons. The average Bonchev–Trinajstić information content (AvgIpc) is 2.48. The topological polar surface area (TPSA) is 116 Å². The van der Waals surface area contributed by atoms with E-state index in [9.17, 15) is 8.42 Å². The molecule has 1 aromatic heterocycles. The molecule has 0 aliphatic heterocycles. The summed E-state index contributed by atoms with van der Waals surface area (Å²) >= 11 is 0. The zero-order valence-corrected chi connectivity index (χ0v) is 12.9. The molecule has 0 unspecified atom stereocenters. The Labute approximate surface area is 128 Å². The molecule has 0 aliphatic carbocycles. The van der Waals surface area contributed by atoms with Gasteiger partial charge in [-0.25, -0.2) is 23.1 Å². The van der Waals surface area contributed by atoms with Crippen molar-refractivity contribution in [1.29, 1.82) is 0 Å². The van der Waals surface area contributed by atoms with Crippen LogP contribution in [0.1, 0.15) is 5.69 Å². The third-order valence-electron chi connectivity index (χ3n) is 2.75. The van der Waals surface area contributed by atoms with Crippen LogP contribution in [0.25, 0.3) is 0 Å². The van der Waals surface area contributed by atoms with Gasteiger partial charge in [0.05, 0.1) is 24.8 Å². The second kappa shape index (κ2) is 6.58. The van der Waals surface area contributed by atoms with E-state index in [1.807, 2.05) is 0 Å². The Kier molecular flexibility index (Phi) is 4.78. The molecule has 0 bridgehead atoms. The van der Waals surface area contributed by atoms with E-state index >= 15 is 0 Å². The van der Waals surface area contributed by atoms with E-state index in [1.54, 1.807) is 0 Å². The van der Waals surface area contributed by atoms with Crippen LogP contribution in [0.5, 0.6) is 5.75 Å². The highest BCUT2D eigenvalue weighted by atomic mass is 32.2. The molecule has 0 fully saturated rings. The largest absolute Gasteiger partial charge is 0.493 e. The summed E-state index contributed by atoms with van der Waals surface area (Å²) in [5, 5.41) is 0. The molecule has 0 amide bonds. The maximum Gasteiger partial charge on any atom is 0.264 e. The number of sulfonamides is 1. The molecule has 2 aromatic rings. The van der Waals surface area contributed by atoms with Crippen LogP contribution < -0.4 is 15.2 Å². The van der Waals surface area contributed by atoms with Crippen LogP contribution in [0.2, 0.25) is 0 Å². The van der Waals surface area contributed by atoms with E-state index in [2.05, 4.69) is 14.7 Å². The first-order valence-electron chi connectivity index (χ1n) is 6.23. The summed E-state index contributed by atoms with van der Waals surface area (Å²) < 4.78 is 36.9. The number of benzene rings is 1. The number of anilines is 2. The number of ether oxygens (including phenoxy) is 2. The van der Waals surface area contributed by atoms with E-state index in [1.165, 1.54) is 44.7 Å². The molecule has 0 radical (unpaired) electrons. The molecule has 1 aromatic carbocycles. The van der Waals surface area contributed by atoms with Crippen LogP contribution in [0.3, 0.4) is 0 Å². The van der Waals surface area contributed by atoms with Crippen molar-refractivity contribution in [3.63, 3.8) is 0 Å². The number of hydrogen-bond donors (Lipinski definition) is 2. The highest BCUT2D eigenvalue weighted by Gasteiger charge is 2.17. The van der Waals surface area contributed by atoms with Crippen LogP contribution in [-0.2, 0) is 21.4 Å². The Morgan fingerprint density at radius 2 is 1.91 bits per heavy atom. The third kappa shape index (κ3) is 3.62. The monoisotopic (exact) mass is 324 g/mol. The molecule has 0 aliphatic rings. The van der Waals surface area contributed by atoms with Crippen molar-refractivity contribution in [3.8, 4) is 5.75 Å². The molecule has 9 heteroatoms. The quantitative estimate of drug-likeness (QED) is 0.762. The van der Waals surface area contributed by atoms with Crippen molar-refractivity contribution in [3.05, 3.63) is 36.2 Å². The Bertz CT molecular complexity index is 747. The summed E-state index contributed by atoms with van der Waals surface area (Å²) in [6.07, 6.45) is 1.38. The second-order valence-corrected chi connectivity index (χ2v) is 6.00. The molecule has 8 nitrogen and oxygen atoms in total. The molecule has 0 spiro atoms. The van der Waals surface area contributed by atoms with Gasteiger partial charge in [-0.2, -0.15) is 0 Å². The van der Waals surface area contributed by atoms with Gasteiger partial charge in [0.15, 0.2) is 5.75 Å². The predicted molar refractivity (Wildman–Crippen MR) is 81.0 cm³/mol. The van der Waals surface area contributed by atoms with Gasteiger partial charge in [-0.15, -0.1) is 0 Å². The Morgan fingerprint density at radius 3 is 2.50 bits per heavy atom.